The fraction of sp³-hybridized carbons (Fsp3) is 0.421. The van der Waals surface area contributed by atoms with Crippen molar-refractivity contribution in [2.24, 2.45) is 7.05 Å². The minimum atomic E-state index is -0.659. The van der Waals surface area contributed by atoms with Crippen LogP contribution in [0.4, 0.5) is 5.82 Å². The number of nitrogen functional groups attached to an aromatic ring is 1. The molecule has 8 heteroatoms. The number of morpholine rings is 1. The Morgan fingerprint density at radius 3 is 2.63 bits per heavy atom. The zero-order valence-electron chi connectivity index (χ0n) is 15.6. The Morgan fingerprint density at radius 1 is 1.26 bits per heavy atom. The Bertz CT molecular complexity index is 949. The largest absolute Gasteiger partial charge is 0.384 e. The number of ether oxygens (including phenoxy) is 1. The smallest absolute Gasteiger partial charge is 0.332 e. The average Bonchev–Trinajstić information content (AvgIpc) is 2.64. The van der Waals surface area contributed by atoms with Gasteiger partial charge in [0.05, 0.1) is 25.8 Å². The number of nitrogens with two attached hydrogens (primary N) is 1. The quantitative estimate of drug-likeness (QED) is 0.747. The first kappa shape index (κ1) is 19.1. The standard InChI is InChI=1S/C19H24N4O4/c1-13-10-22(8-9-27-13)12-15(24)16-17(20)23(19(26)21(2)18(16)25)11-14-6-4-3-5-7-14/h3-7,13H,8-12,20H2,1-2H3/t13-/m0/s1. The van der Waals surface area contributed by atoms with Gasteiger partial charge in [0.1, 0.15) is 11.4 Å². The van der Waals surface area contributed by atoms with E-state index in [9.17, 15) is 14.4 Å². The highest BCUT2D eigenvalue weighted by Crippen LogP contribution is 2.11. The van der Waals surface area contributed by atoms with E-state index in [0.717, 1.165) is 10.1 Å². The van der Waals surface area contributed by atoms with Crippen LogP contribution in [-0.4, -0.2) is 52.2 Å². The third-order valence-corrected chi connectivity index (χ3v) is 4.74. The van der Waals surface area contributed by atoms with Crippen LogP contribution in [0.5, 0.6) is 0 Å². The first-order valence-electron chi connectivity index (χ1n) is 8.89. The minimum absolute atomic E-state index is 0.0266. The van der Waals surface area contributed by atoms with Crippen LogP contribution in [0.1, 0.15) is 22.8 Å². The highest BCUT2D eigenvalue weighted by atomic mass is 16.5. The molecule has 1 fully saturated rings. The molecule has 1 aromatic heterocycles. The van der Waals surface area contributed by atoms with Crippen molar-refractivity contribution in [1.29, 1.82) is 0 Å². The van der Waals surface area contributed by atoms with E-state index in [4.69, 9.17) is 10.5 Å². The molecule has 0 bridgehead atoms. The highest BCUT2D eigenvalue weighted by Gasteiger charge is 2.25. The van der Waals surface area contributed by atoms with Crippen molar-refractivity contribution >= 4 is 11.6 Å². The lowest BCUT2D eigenvalue weighted by Crippen LogP contribution is -2.47. The maximum Gasteiger partial charge on any atom is 0.332 e. The van der Waals surface area contributed by atoms with Gasteiger partial charge >= 0.3 is 5.69 Å². The molecule has 27 heavy (non-hydrogen) atoms. The number of aromatic nitrogens is 2. The number of nitrogens with zero attached hydrogens (tertiary/aromatic N) is 3. The van der Waals surface area contributed by atoms with Crippen LogP contribution in [0, 0.1) is 0 Å². The van der Waals surface area contributed by atoms with Crippen LogP contribution in [0.15, 0.2) is 39.9 Å². The number of benzene rings is 1. The van der Waals surface area contributed by atoms with Crippen molar-refractivity contribution in [3.8, 4) is 0 Å². The van der Waals surface area contributed by atoms with E-state index in [2.05, 4.69) is 0 Å². The molecule has 2 aromatic rings. The highest BCUT2D eigenvalue weighted by molar-refractivity contribution is 6.01. The maximum absolute atomic E-state index is 12.8. The minimum Gasteiger partial charge on any atom is -0.384 e. The second-order valence-electron chi connectivity index (χ2n) is 6.82. The number of anilines is 1. The zero-order valence-corrected chi connectivity index (χ0v) is 15.6. The number of carbonyl (C=O) groups is 1. The molecule has 0 unspecified atom stereocenters. The summed E-state index contributed by atoms with van der Waals surface area (Å²) < 4.78 is 7.68. The molecule has 1 aromatic carbocycles. The van der Waals surface area contributed by atoms with Crippen molar-refractivity contribution < 1.29 is 9.53 Å². The molecular weight excluding hydrogens is 348 g/mol. The molecular formula is C19H24N4O4. The molecule has 1 aliphatic rings. The number of ketones is 1. The summed E-state index contributed by atoms with van der Waals surface area (Å²) in [6.07, 6.45) is 0.0266. The van der Waals surface area contributed by atoms with Gasteiger partial charge in [0, 0.05) is 20.1 Å². The normalized spacial score (nSPS) is 17.8. The predicted octanol–water partition coefficient (Wildman–Crippen LogP) is 0.0809. The van der Waals surface area contributed by atoms with Crippen LogP contribution in [0.2, 0.25) is 0 Å². The van der Waals surface area contributed by atoms with Crippen molar-refractivity contribution in [2.45, 2.75) is 19.6 Å². The Balaban J connectivity index is 1.96. The monoisotopic (exact) mass is 372 g/mol. The lowest BCUT2D eigenvalue weighted by atomic mass is 10.1. The summed E-state index contributed by atoms with van der Waals surface area (Å²) in [5.74, 6) is -0.470. The number of carbonyl (C=O) groups excluding carboxylic acids is 1. The number of rotatable bonds is 5. The molecule has 0 saturated carbocycles. The van der Waals surface area contributed by atoms with Gasteiger partial charge in [0.15, 0.2) is 5.78 Å². The topological polar surface area (TPSA) is 99.6 Å². The Labute approximate surface area is 156 Å². The van der Waals surface area contributed by atoms with E-state index in [1.54, 1.807) is 0 Å². The van der Waals surface area contributed by atoms with Crippen molar-refractivity contribution in [1.82, 2.24) is 14.0 Å². The van der Waals surface area contributed by atoms with E-state index >= 15 is 0 Å². The molecule has 8 nitrogen and oxygen atoms in total. The summed E-state index contributed by atoms with van der Waals surface area (Å²) in [6, 6.07) is 9.28. The summed E-state index contributed by atoms with van der Waals surface area (Å²) in [5, 5.41) is 0. The van der Waals surface area contributed by atoms with Crippen LogP contribution in [0.25, 0.3) is 0 Å². The van der Waals surface area contributed by atoms with Crippen LogP contribution in [-0.2, 0) is 18.3 Å². The number of hydrogen-bond donors (Lipinski definition) is 1. The van der Waals surface area contributed by atoms with Crippen molar-refractivity contribution in [2.75, 3.05) is 32.0 Å². The molecule has 1 aliphatic heterocycles. The molecule has 144 valence electrons. The second-order valence-corrected chi connectivity index (χ2v) is 6.82. The average molecular weight is 372 g/mol. The second kappa shape index (κ2) is 7.89. The Kier molecular flexibility index (Phi) is 5.57. The number of Topliss-reactive ketones (excluding diaryl/α,β-unsaturated/α-hetero) is 1. The number of hydrogen-bond acceptors (Lipinski definition) is 6. The van der Waals surface area contributed by atoms with E-state index < -0.39 is 11.2 Å². The molecule has 2 heterocycles. The van der Waals surface area contributed by atoms with E-state index in [0.29, 0.717) is 19.7 Å². The molecule has 0 aliphatic carbocycles. The maximum atomic E-state index is 12.8. The van der Waals surface area contributed by atoms with Crippen LogP contribution >= 0.6 is 0 Å². The zero-order chi connectivity index (χ0) is 19.6. The van der Waals surface area contributed by atoms with E-state index in [1.165, 1.54) is 11.6 Å². The SMILES string of the molecule is C[C@H]1CN(CC(=O)c2c(N)n(Cc3ccccc3)c(=O)n(C)c2=O)CCO1. The summed E-state index contributed by atoms with van der Waals surface area (Å²) in [7, 11) is 1.36. The third-order valence-electron chi connectivity index (χ3n) is 4.74. The van der Waals surface area contributed by atoms with Gasteiger partial charge in [-0.05, 0) is 12.5 Å². The third kappa shape index (κ3) is 4.01. The van der Waals surface area contributed by atoms with Gasteiger partial charge in [0.2, 0.25) is 0 Å². The molecule has 3 rings (SSSR count). The lowest BCUT2D eigenvalue weighted by molar-refractivity contribution is -0.0158. The van der Waals surface area contributed by atoms with Gasteiger partial charge in [-0.1, -0.05) is 30.3 Å². The van der Waals surface area contributed by atoms with Gasteiger partial charge in [-0.2, -0.15) is 0 Å². The molecule has 0 radical (unpaired) electrons. The van der Waals surface area contributed by atoms with Crippen molar-refractivity contribution in [3.05, 3.63) is 62.3 Å². The fourth-order valence-electron chi connectivity index (χ4n) is 3.28. The summed E-state index contributed by atoms with van der Waals surface area (Å²) in [4.78, 5) is 39.9. The molecule has 2 N–H and O–H groups in total. The predicted molar refractivity (Wildman–Crippen MR) is 102 cm³/mol. The molecule has 0 amide bonds. The fourth-order valence-corrected chi connectivity index (χ4v) is 3.28. The van der Waals surface area contributed by atoms with Gasteiger partial charge < -0.3 is 10.5 Å². The molecule has 1 saturated heterocycles. The van der Waals surface area contributed by atoms with Gasteiger partial charge in [0.25, 0.3) is 5.56 Å². The van der Waals surface area contributed by atoms with E-state index in [1.807, 2.05) is 42.2 Å². The van der Waals surface area contributed by atoms with Gasteiger partial charge in [-0.25, -0.2) is 4.79 Å². The summed E-state index contributed by atoms with van der Waals surface area (Å²) in [6.45, 7) is 3.94. The van der Waals surface area contributed by atoms with Gasteiger partial charge in [-0.3, -0.25) is 23.6 Å². The summed E-state index contributed by atoms with van der Waals surface area (Å²) in [5.41, 5.74) is 5.64. The van der Waals surface area contributed by atoms with Gasteiger partial charge in [-0.15, -0.1) is 0 Å². The van der Waals surface area contributed by atoms with Crippen LogP contribution < -0.4 is 17.0 Å². The summed E-state index contributed by atoms with van der Waals surface area (Å²) >= 11 is 0. The van der Waals surface area contributed by atoms with Crippen molar-refractivity contribution in [3.63, 3.8) is 0 Å². The lowest BCUT2D eigenvalue weighted by Gasteiger charge is -2.30. The van der Waals surface area contributed by atoms with Crippen LogP contribution in [0.3, 0.4) is 0 Å². The Morgan fingerprint density at radius 2 is 1.96 bits per heavy atom. The first-order valence-corrected chi connectivity index (χ1v) is 8.89. The first-order chi connectivity index (χ1) is 12.9. The molecule has 0 spiro atoms. The Hall–Kier alpha value is -2.71. The molecule has 1 atom stereocenters. The van der Waals surface area contributed by atoms with E-state index in [-0.39, 0.29) is 36.4 Å².